The van der Waals surface area contributed by atoms with E-state index in [-0.39, 0.29) is 6.23 Å². The van der Waals surface area contributed by atoms with Crippen molar-refractivity contribution in [3.05, 3.63) is 89.7 Å². The molecule has 1 N–H and O–H groups in total. The van der Waals surface area contributed by atoms with E-state index in [1.165, 1.54) is 5.57 Å². The molecule has 2 aromatic carbocycles. The van der Waals surface area contributed by atoms with Gasteiger partial charge in [0.2, 0.25) is 0 Å². The molecule has 5 rings (SSSR count). The molecule has 1 fully saturated rings. The van der Waals surface area contributed by atoms with Gasteiger partial charge in [0.1, 0.15) is 23.5 Å². The fourth-order valence-electron chi connectivity index (χ4n) is 5.22. The molecule has 1 saturated heterocycles. The Morgan fingerprint density at radius 1 is 1.02 bits per heavy atom. The molecule has 1 aliphatic heterocycles. The van der Waals surface area contributed by atoms with Gasteiger partial charge in [-0.1, -0.05) is 49.4 Å². The molecule has 42 heavy (non-hydrogen) atoms. The maximum Gasteiger partial charge on any atom is 0.407 e. The molecule has 0 spiro atoms. The summed E-state index contributed by atoms with van der Waals surface area (Å²) >= 11 is 0. The van der Waals surface area contributed by atoms with Crippen LogP contribution in [0.25, 0.3) is 22.2 Å². The van der Waals surface area contributed by atoms with Crippen LogP contribution in [0.2, 0.25) is 0 Å². The van der Waals surface area contributed by atoms with Crippen molar-refractivity contribution in [2.45, 2.75) is 65.2 Å². The smallest absolute Gasteiger partial charge is 0.407 e. The molecule has 1 aliphatic rings. The summed E-state index contributed by atoms with van der Waals surface area (Å²) in [5.74, 6) is 0.721. The van der Waals surface area contributed by atoms with Crippen LogP contribution in [0.5, 0.6) is 5.75 Å². The van der Waals surface area contributed by atoms with Crippen molar-refractivity contribution in [1.82, 2.24) is 20.1 Å². The maximum atomic E-state index is 11.9. The second-order valence-corrected chi connectivity index (χ2v) is 11.4. The molecule has 8 heteroatoms. The first-order valence-electron chi connectivity index (χ1n) is 14.8. The Hall–Kier alpha value is -4.17. The minimum Gasteiger partial charge on any atom is -0.492 e. The fourth-order valence-corrected chi connectivity index (χ4v) is 5.22. The van der Waals surface area contributed by atoms with Gasteiger partial charge in [-0.25, -0.2) is 14.5 Å². The minimum absolute atomic E-state index is 0.0405. The highest BCUT2D eigenvalue weighted by atomic mass is 16.6. The molecule has 0 radical (unpaired) electrons. The molecular formula is C34H40N4O4. The molecule has 1 unspecified atom stereocenters. The van der Waals surface area contributed by atoms with Crippen LogP contribution in [-0.4, -0.2) is 46.2 Å². The summed E-state index contributed by atoms with van der Waals surface area (Å²) in [4.78, 5) is 17.0. The molecular weight excluding hydrogens is 528 g/mol. The van der Waals surface area contributed by atoms with E-state index >= 15 is 0 Å². The number of ether oxygens (including phenoxy) is 3. The quantitative estimate of drug-likeness (QED) is 0.167. The van der Waals surface area contributed by atoms with Crippen molar-refractivity contribution in [3.63, 3.8) is 0 Å². The summed E-state index contributed by atoms with van der Waals surface area (Å²) in [6, 6.07) is 22.7. The Balaban J connectivity index is 1.41. The van der Waals surface area contributed by atoms with Gasteiger partial charge in [0.05, 0.1) is 24.0 Å². The molecule has 0 saturated carbocycles. The third kappa shape index (κ3) is 7.18. The van der Waals surface area contributed by atoms with Crippen molar-refractivity contribution in [3.8, 4) is 5.75 Å². The molecule has 4 aromatic rings. The van der Waals surface area contributed by atoms with Gasteiger partial charge in [-0.05, 0) is 87.4 Å². The van der Waals surface area contributed by atoms with Gasteiger partial charge in [0, 0.05) is 12.2 Å². The van der Waals surface area contributed by atoms with Gasteiger partial charge in [-0.3, -0.25) is 0 Å². The Labute approximate surface area is 247 Å². The Morgan fingerprint density at radius 2 is 1.81 bits per heavy atom. The van der Waals surface area contributed by atoms with Gasteiger partial charge >= 0.3 is 6.09 Å². The van der Waals surface area contributed by atoms with Crippen LogP contribution in [0.1, 0.15) is 76.4 Å². The highest BCUT2D eigenvalue weighted by molar-refractivity contribution is 5.98. The van der Waals surface area contributed by atoms with Gasteiger partial charge in [-0.2, -0.15) is 5.10 Å². The van der Waals surface area contributed by atoms with Crippen LogP contribution in [0.3, 0.4) is 0 Å². The zero-order valence-electron chi connectivity index (χ0n) is 24.9. The number of pyridine rings is 1. The van der Waals surface area contributed by atoms with Crippen LogP contribution in [0.15, 0.2) is 72.9 Å². The molecule has 1 atom stereocenters. The molecule has 0 aliphatic carbocycles. The lowest BCUT2D eigenvalue weighted by Gasteiger charge is -2.23. The van der Waals surface area contributed by atoms with Crippen LogP contribution >= 0.6 is 0 Å². The molecule has 1 amide bonds. The first kappa shape index (κ1) is 29.3. The van der Waals surface area contributed by atoms with E-state index in [0.29, 0.717) is 13.2 Å². The number of rotatable bonds is 9. The van der Waals surface area contributed by atoms with Crippen molar-refractivity contribution < 1.29 is 19.0 Å². The highest BCUT2D eigenvalue weighted by Crippen LogP contribution is 2.35. The number of hydrogen-bond donors (Lipinski definition) is 1. The summed E-state index contributed by atoms with van der Waals surface area (Å²) < 4.78 is 19.1. The number of benzene rings is 2. The number of carbonyl (C=O) groups excluding carboxylic acids is 1. The van der Waals surface area contributed by atoms with E-state index in [4.69, 9.17) is 19.2 Å². The van der Waals surface area contributed by atoms with Crippen molar-refractivity contribution in [2.75, 3.05) is 19.8 Å². The van der Waals surface area contributed by atoms with Crippen LogP contribution in [0, 0.1) is 0 Å². The van der Waals surface area contributed by atoms with Gasteiger partial charge in [0.25, 0.3) is 0 Å². The first-order chi connectivity index (χ1) is 20.3. The summed E-state index contributed by atoms with van der Waals surface area (Å²) in [5, 5.41) is 7.37. The number of carbonyl (C=O) groups is 1. The van der Waals surface area contributed by atoms with Crippen molar-refractivity contribution >= 4 is 28.3 Å². The van der Waals surface area contributed by atoms with E-state index in [9.17, 15) is 4.79 Å². The van der Waals surface area contributed by atoms with Gasteiger partial charge in [0.15, 0.2) is 6.23 Å². The maximum absolute atomic E-state index is 11.9. The number of allylic oxidation sites excluding steroid dienone is 1. The normalized spacial score (nSPS) is 16.1. The van der Waals surface area contributed by atoms with Gasteiger partial charge < -0.3 is 19.5 Å². The van der Waals surface area contributed by atoms with Gasteiger partial charge in [-0.15, -0.1) is 0 Å². The Morgan fingerprint density at radius 3 is 2.50 bits per heavy atom. The fraction of sp³-hybridized carbons (Fsp3) is 0.382. The second-order valence-electron chi connectivity index (χ2n) is 11.4. The van der Waals surface area contributed by atoms with Crippen molar-refractivity contribution in [2.24, 2.45) is 0 Å². The molecule has 8 nitrogen and oxygen atoms in total. The average molecular weight is 569 g/mol. The van der Waals surface area contributed by atoms with Crippen LogP contribution < -0.4 is 10.1 Å². The zero-order valence-corrected chi connectivity index (χ0v) is 24.9. The number of hydrogen-bond acceptors (Lipinski definition) is 6. The second kappa shape index (κ2) is 13.2. The number of aromatic nitrogens is 3. The average Bonchev–Trinajstić information content (AvgIpc) is 3.42. The topological polar surface area (TPSA) is 87.5 Å². The monoisotopic (exact) mass is 568 g/mol. The lowest BCUT2D eigenvalue weighted by Crippen LogP contribution is -2.34. The zero-order chi connectivity index (χ0) is 29.5. The summed E-state index contributed by atoms with van der Waals surface area (Å²) in [7, 11) is 0. The number of amides is 1. The van der Waals surface area contributed by atoms with E-state index in [1.807, 2.05) is 49.8 Å². The number of nitrogens with one attached hydrogen (secondary N) is 1. The first-order valence-corrected chi connectivity index (χ1v) is 14.8. The lowest BCUT2D eigenvalue weighted by molar-refractivity contribution is -0.0366. The summed E-state index contributed by atoms with van der Waals surface area (Å²) in [6.07, 6.45) is 5.38. The number of fused-ring (bicyclic) bond motifs is 1. The molecule has 3 heterocycles. The summed E-state index contributed by atoms with van der Waals surface area (Å²) in [6.45, 7) is 9.12. The van der Waals surface area contributed by atoms with Crippen LogP contribution in [0.4, 0.5) is 4.79 Å². The molecule has 2 aromatic heterocycles. The predicted molar refractivity (Wildman–Crippen MR) is 165 cm³/mol. The largest absolute Gasteiger partial charge is 0.492 e. The van der Waals surface area contributed by atoms with E-state index in [0.717, 1.165) is 71.5 Å². The van der Waals surface area contributed by atoms with E-state index < -0.39 is 11.7 Å². The van der Waals surface area contributed by atoms with Crippen molar-refractivity contribution in [1.29, 1.82) is 0 Å². The lowest BCUT2D eigenvalue weighted by atomic mass is 9.90. The third-order valence-corrected chi connectivity index (χ3v) is 7.10. The Kier molecular flexibility index (Phi) is 9.22. The highest BCUT2D eigenvalue weighted by Gasteiger charge is 2.21. The summed E-state index contributed by atoms with van der Waals surface area (Å²) in [5.41, 5.74) is 6.68. The minimum atomic E-state index is -0.535. The number of nitrogens with zero attached hydrogens (tertiary/aromatic N) is 3. The third-order valence-electron chi connectivity index (χ3n) is 7.10. The molecule has 220 valence electrons. The van der Waals surface area contributed by atoms with Crippen LogP contribution in [-0.2, 0) is 9.47 Å². The predicted octanol–water partition coefficient (Wildman–Crippen LogP) is 7.40. The Bertz CT molecular complexity index is 1510. The van der Waals surface area contributed by atoms with E-state index in [1.54, 1.807) is 0 Å². The number of alkyl carbamates (subject to hydrolysis) is 1. The molecule has 0 bridgehead atoms. The SMILES string of the molecule is CCC(=C(c1ccc(OCCNC(=O)OC(C)(C)C)cc1)c1ccc2c(cnn2C2CCCCO2)n1)c1ccccc1. The standard InChI is InChI=1S/C34H40N4O4/c1-5-27(24-11-7-6-8-12-24)32(25-14-16-26(17-15-25)40-22-20-35-33(39)42-34(2,3)4)28-18-19-30-29(37-28)23-36-38(30)31-13-9-10-21-41-31/h6-8,11-12,14-19,23,31H,5,9-10,13,20-22H2,1-4H3,(H,35,39). The van der Waals surface area contributed by atoms with E-state index in [2.05, 4.69) is 65.9 Å².